The van der Waals surface area contributed by atoms with Crippen molar-refractivity contribution in [3.8, 4) is 5.75 Å². The van der Waals surface area contributed by atoms with Crippen molar-refractivity contribution in [1.29, 1.82) is 0 Å². The molecular weight excluding hydrogens is 238 g/mol. The molecule has 0 aliphatic carbocycles. The molecule has 0 spiro atoms. The Bertz CT molecular complexity index is 427. The molecule has 3 rings (SSSR count). The second-order valence-corrected chi connectivity index (χ2v) is 5.26. The Morgan fingerprint density at radius 1 is 1.41 bits per heavy atom. The first-order valence-electron chi connectivity index (χ1n) is 5.89. The van der Waals surface area contributed by atoms with Crippen LogP contribution in [0.25, 0.3) is 0 Å². The Hall–Kier alpha value is -0.770. The second kappa shape index (κ2) is 4.16. The molecule has 2 saturated heterocycles. The van der Waals surface area contributed by atoms with Crippen molar-refractivity contribution in [2.75, 3.05) is 33.4 Å². The molecule has 0 saturated carbocycles. The minimum atomic E-state index is 0.168. The van der Waals surface area contributed by atoms with E-state index < -0.39 is 0 Å². The van der Waals surface area contributed by atoms with Crippen LogP contribution in [0.3, 0.4) is 0 Å². The first kappa shape index (κ1) is 11.3. The van der Waals surface area contributed by atoms with Gasteiger partial charge in [0.2, 0.25) is 0 Å². The monoisotopic (exact) mass is 253 g/mol. The van der Waals surface area contributed by atoms with Crippen LogP contribution in [-0.2, 0) is 10.2 Å². The Labute approximate surface area is 106 Å². The standard InChI is InChI=1S/C13H16ClNO2/c1-16-12-3-2-9(4-11(12)14)13(7-17-8-13)10-5-15-6-10/h2-4,10,15H,5-8H2,1H3. The van der Waals surface area contributed by atoms with Crippen LogP contribution in [0.15, 0.2) is 18.2 Å². The van der Waals surface area contributed by atoms with Gasteiger partial charge in [0, 0.05) is 18.5 Å². The van der Waals surface area contributed by atoms with Crippen LogP contribution < -0.4 is 10.1 Å². The quantitative estimate of drug-likeness (QED) is 0.892. The van der Waals surface area contributed by atoms with Gasteiger partial charge in [-0.05, 0) is 23.6 Å². The minimum Gasteiger partial charge on any atom is -0.495 e. The van der Waals surface area contributed by atoms with Gasteiger partial charge in [0.1, 0.15) is 5.75 Å². The van der Waals surface area contributed by atoms with E-state index in [1.165, 1.54) is 5.56 Å². The lowest BCUT2D eigenvalue weighted by Crippen LogP contribution is -2.62. The molecule has 0 unspecified atom stereocenters. The summed E-state index contributed by atoms with van der Waals surface area (Å²) in [7, 11) is 1.64. The van der Waals surface area contributed by atoms with Crippen molar-refractivity contribution in [3.05, 3.63) is 28.8 Å². The van der Waals surface area contributed by atoms with Gasteiger partial charge in [-0.2, -0.15) is 0 Å². The van der Waals surface area contributed by atoms with E-state index in [0.717, 1.165) is 32.1 Å². The van der Waals surface area contributed by atoms with E-state index >= 15 is 0 Å². The second-order valence-electron chi connectivity index (χ2n) is 4.85. The van der Waals surface area contributed by atoms with Crippen molar-refractivity contribution in [1.82, 2.24) is 5.32 Å². The summed E-state index contributed by atoms with van der Waals surface area (Å²) in [6.45, 7) is 3.77. The van der Waals surface area contributed by atoms with Crippen LogP contribution in [0.1, 0.15) is 5.56 Å². The third kappa shape index (κ3) is 1.65. The Kier molecular flexibility index (Phi) is 2.77. The summed E-state index contributed by atoms with van der Waals surface area (Å²) in [6.07, 6.45) is 0. The van der Waals surface area contributed by atoms with Crippen molar-refractivity contribution in [2.45, 2.75) is 5.41 Å². The third-order valence-corrected chi connectivity index (χ3v) is 4.30. The number of hydrogen-bond acceptors (Lipinski definition) is 3. The summed E-state index contributed by atoms with van der Waals surface area (Å²) in [5.41, 5.74) is 1.45. The van der Waals surface area contributed by atoms with Gasteiger partial charge in [0.15, 0.2) is 0 Å². The fourth-order valence-electron chi connectivity index (χ4n) is 2.62. The number of nitrogens with one attached hydrogen (secondary N) is 1. The van der Waals surface area contributed by atoms with Gasteiger partial charge in [-0.1, -0.05) is 17.7 Å². The number of hydrogen-bond donors (Lipinski definition) is 1. The molecule has 17 heavy (non-hydrogen) atoms. The van der Waals surface area contributed by atoms with E-state index in [4.69, 9.17) is 21.1 Å². The van der Waals surface area contributed by atoms with Gasteiger partial charge in [-0.25, -0.2) is 0 Å². The molecule has 4 heteroatoms. The summed E-state index contributed by atoms with van der Waals surface area (Å²) >= 11 is 6.20. The maximum Gasteiger partial charge on any atom is 0.137 e. The van der Waals surface area contributed by atoms with Gasteiger partial charge in [0.05, 0.1) is 25.3 Å². The number of rotatable bonds is 3. The zero-order valence-corrected chi connectivity index (χ0v) is 10.6. The molecule has 0 bridgehead atoms. The first-order valence-corrected chi connectivity index (χ1v) is 6.26. The predicted molar refractivity (Wildman–Crippen MR) is 66.9 cm³/mol. The Morgan fingerprint density at radius 2 is 2.18 bits per heavy atom. The average Bonchev–Trinajstić information content (AvgIpc) is 2.20. The fraction of sp³-hybridized carbons (Fsp3) is 0.538. The lowest BCUT2D eigenvalue weighted by molar-refractivity contribution is -0.101. The molecule has 0 atom stereocenters. The van der Waals surface area contributed by atoms with Gasteiger partial charge in [-0.15, -0.1) is 0 Å². The molecule has 0 amide bonds. The lowest BCUT2D eigenvalue weighted by Gasteiger charge is -2.51. The highest BCUT2D eigenvalue weighted by Crippen LogP contribution is 2.43. The SMILES string of the molecule is COc1ccc(C2(C3CNC3)COC2)cc1Cl. The van der Waals surface area contributed by atoms with Crippen molar-refractivity contribution in [3.63, 3.8) is 0 Å². The predicted octanol–water partition coefficient (Wildman–Crippen LogP) is 1.84. The average molecular weight is 254 g/mol. The van der Waals surface area contributed by atoms with Crippen LogP contribution in [0, 0.1) is 5.92 Å². The number of ether oxygens (including phenoxy) is 2. The highest BCUT2D eigenvalue weighted by molar-refractivity contribution is 6.32. The van der Waals surface area contributed by atoms with E-state index in [2.05, 4.69) is 11.4 Å². The zero-order chi connectivity index (χ0) is 11.9. The van der Waals surface area contributed by atoms with Crippen molar-refractivity contribution in [2.24, 2.45) is 5.92 Å². The highest BCUT2D eigenvalue weighted by Gasteiger charge is 2.49. The van der Waals surface area contributed by atoms with E-state index in [-0.39, 0.29) is 5.41 Å². The summed E-state index contributed by atoms with van der Waals surface area (Å²) in [6, 6.07) is 6.09. The fourth-order valence-corrected chi connectivity index (χ4v) is 2.87. The molecule has 1 N–H and O–H groups in total. The molecule has 92 valence electrons. The topological polar surface area (TPSA) is 30.5 Å². The molecule has 2 aliphatic heterocycles. The number of benzene rings is 1. The molecule has 2 fully saturated rings. The highest BCUT2D eigenvalue weighted by atomic mass is 35.5. The summed E-state index contributed by atoms with van der Waals surface area (Å²) in [5, 5.41) is 4.01. The Morgan fingerprint density at radius 3 is 2.59 bits per heavy atom. The number of methoxy groups -OCH3 is 1. The molecule has 0 radical (unpaired) electrons. The van der Waals surface area contributed by atoms with E-state index in [1.807, 2.05) is 12.1 Å². The molecule has 0 aromatic heterocycles. The van der Waals surface area contributed by atoms with Gasteiger partial charge in [0.25, 0.3) is 0 Å². The Balaban J connectivity index is 1.94. The maximum absolute atomic E-state index is 6.20. The molecule has 3 nitrogen and oxygen atoms in total. The van der Waals surface area contributed by atoms with Crippen LogP contribution in [-0.4, -0.2) is 33.4 Å². The van der Waals surface area contributed by atoms with Crippen molar-refractivity contribution >= 4 is 11.6 Å². The molecule has 1 aromatic rings. The molecule has 2 heterocycles. The largest absolute Gasteiger partial charge is 0.495 e. The summed E-state index contributed by atoms with van der Waals surface area (Å²) < 4.78 is 10.6. The lowest BCUT2D eigenvalue weighted by atomic mass is 9.66. The minimum absolute atomic E-state index is 0.168. The van der Waals surface area contributed by atoms with Gasteiger partial charge >= 0.3 is 0 Å². The van der Waals surface area contributed by atoms with Crippen LogP contribution in [0.5, 0.6) is 5.75 Å². The zero-order valence-electron chi connectivity index (χ0n) is 9.83. The normalized spacial score (nSPS) is 22.7. The van der Waals surface area contributed by atoms with Crippen LogP contribution in [0.2, 0.25) is 5.02 Å². The van der Waals surface area contributed by atoms with E-state index in [9.17, 15) is 0 Å². The molecule has 1 aromatic carbocycles. The van der Waals surface area contributed by atoms with Crippen LogP contribution >= 0.6 is 11.6 Å². The van der Waals surface area contributed by atoms with Gasteiger partial charge in [-0.3, -0.25) is 0 Å². The van der Waals surface area contributed by atoms with Gasteiger partial charge < -0.3 is 14.8 Å². The molecular formula is C13H16ClNO2. The van der Waals surface area contributed by atoms with Crippen LogP contribution in [0.4, 0.5) is 0 Å². The van der Waals surface area contributed by atoms with E-state index in [1.54, 1.807) is 7.11 Å². The summed E-state index contributed by atoms with van der Waals surface area (Å²) in [4.78, 5) is 0. The number of halogens is 1. The summed E-state index contributed by atoms with van der Waals surface area (Å²) in [5.74, 6) is 1.40. The maximum atomic E-state index is 6.20. The smallest absolute Gasteiger partial charge is 0.137 e. The first-order chi connectivity index (χ1) is 8.26. The third-order valence-electron chi connectivity index (χ3n) is 4.01. The van der Waals surface area contributed by atoms with Crippen molar-refractivity contribution < 1.29 is 9.47 Å². The van der Waals surface area contributed by atoms with E-state index in [0.29, 0.717) is 10.9 Å². The molecule has 2 aliphatic rings.